The number of piperidine rings is 1. The summed E-state index contributed by atoms with van der Waals surface area (Å²) in [4.78, 5) is 6.97. The first-order chi connectivity index (χ1) is 10.7. The van der Waals surface area contributed by atoms with Gasteiger partial charge in [0, 0.05) is 38.8 Å². The molecule has 3 N–H and O–H groups in total. The molecule has 1 aliphatic heterocycles. The molecule has 0 atom stereocenters. The first kappa shape index (κ1) is 19.2. The van der Waals surface area contributed by atoms with Crippen molar-refractivity contribution in [1.82, 2.24) is 15.5 Å². The fraction of sp³-hybridized carbons (Fsp3) is 0.941. The highest BCUT2D eigenvalue weighted by Crippen LogP contribution is 2.29. The second kappa shape index (κ2) is 8.85. The molecule has 0 aromatic rings. The van der Waals surface area contributed by atoms with Crippen molar-refractivity contribution in [3.63, 3.8) is 0 Å². The molecule has 3 aliphatic rings. The van der Waals surface area contributed by atoms with Gasteiger partial charge in [-0.25, -0.2) is 0 Å². The Kier molecular flexibility index (Phi) is 7.41. The molecule has 3 fully saturated rings. The number of guanidine groups is 1. The first-order valence-electron chi connectivity index (χ1n) is 9.12. The van der Waals surface area contributed by atoms with Crippen molar-refractivity contribution < 1.29 is 5.11 Å². The Morgan fingerprint density at radius 1 is 1.13 bits per heavy atom. The van der Waals surface area contributed by atoms with Crippen LogP contribution in [0.3, 0.4) is 0 Å². The fourth-order valence-corrected chi connectivity index (χ4v) is 3.87. The zero-order chi connectivity index (χ0) is 15.4. The minimum Gasteiger partial charge on any atom is -0.388 e. The SMILES string of the molecule is CN=C(NCC1(O)CCCCC1)NC1CCN(C2CC2)CC1.I. The first-order valence-corrected chi connectivity index (χ1v) is 9.12. The maximum Gasteiger partial charge on any atom is 0.191 e. The second-order valence-corrected chi connectivity index (χ2v) is 7.40. The van der Waals surface area contributed by atoms with Crippen LogP contribution < -0.4 is 10.6 Å². The summed E-state index contributed by atoms with van der Waals surface area (Å²) in [6, 6.07) is 1.40. The van der Waals surface area contributed by atoms with E-state index in [0.29, 0.717) is 12.6 Å². The molecule has 3 rings (SSSR count). The van der Waals surface area contributed by atoms with Gasteiger partial charge in [0.2, 0.25) is 0 Å². The lowest BCUT2D eigenvalue weighted by Gasteiger charge is -2.35. The third kappa shape index (κ3) is 5.74. The Labute approximate surface area is 157 Å². The lowest BCUT2D eigenvalue weighted by atomic mass is 9.85. The van der Waals surface area contributed by atoms with Crippen molar-refractivity contribution in [3.8, 4) is 0 Å². The zero-order valence-electron chi connectivity index (χ0n) is 14.4. The number of hydrogen-bond acceptors (Lipinski definition) is 3. The Morgan fingerprint density at radius 2 is 1.78 bits per heavy atom. The van der Waals surface area contributed by atoms with Crippen LogP contribution in [0.15, 0.2) is 4.99 Å². The molecule has 0 spiro atoms. The Balaban J connectivity index is 0.00000192. The number of rotatable bonds is 4. The molecule has 23 heavy (non-hydrogen) atoms. The van der Waals surface area contributed by atoms with Crippen LogP contribution in [0.4, 0.5) is 0 Å². The highest BCUT2D eigenvalue weighted by Gasteiger charge is 2.32. The molecule has 134 valence electrons. The van der Waals surface area contributed by atoms with Crippen LogP contribution in [0.2, 0.25) is 0 Å². The van der Waals surface area contributed by atoms with Crippen LogP contribution in [0.25, 0.3) is 0 Å². The van der Waals surface area contributed by atoms with Crippen LogP contribution in [-0.2, 0) is 0 Å². The number of aliphatic hydroxyl groups is 1. The van der Waals surface area contributed by atoms with Gasteiger partial charge in [-0.1, -0.05) is 19.3 Å². The highest BCUT2D eigenvalue weighted by molar-refractivity contribution is 14.0. The van der Waals surface area contributed by atoms with Crippen molar-refractivity contribution >= 4 is 29.9 Å². The minimum absolute atomic E-state index is 0. The molecule has 5 nitrogen and oxygen atoms in total. The average molecular weight is 436 g/mol. The average Bonchev–Trinajstić information content (AvgIpc) is 3.38. The molecule has 0 unspecified atom stereocenters. The molecule has 1 saturated heterocycles. The summed E-state index contributed by atoms with van der Waals surface area (Å²) in [6.07, 6.45) is 10.6. The van der Waals surface area contributed by atoms with E-state index in [1.807, 2.05) is 7.05 Å². The lowest BCUT2D eigenvalue weighted by molar-refractivity contribution is 0.00852. The fourth-order valence-electron chi connectivity index (χ4n) is 3.87. The van der Waals surface area contributed by atoms with Gasteiger partial charge in [0.1, 0.15) is 0 Å². The van der Waals surface area contributed by atoms with Gasteiger partial charge < -0.3 is 20.6 Å². The number of nitrogens with one attached hydrogen (secondary N) is 2. The van der Waals surface area contributed by atoms with Crippen molar-refractivity contribution in [2.75, 3.05) is 26.7 Å². The second-order valence-electron chi connectivity index (χ2n) is 7.40. The number of hydrogen-bond donors (Lipinski definition) is 3. The van der Waals surface area contributed by atoms with E-state index in [4.69, 9.17) is 0 Å². The summed E-state index contributed by atoms with van der Waals surface area (Å²) >= 11 is 0. The van der Waals surface area contributed by atoms with Crippen LogP contribution in [0.5, 0.6) is 0 Å². The Morgan fingerprint density at radius 3 is 2.35 bits per heavy atom. The van der Waals surface area contributed by atoms with E-state index < -0.39 is 5.60 Å². The third-order valence-electron chi connectivity index (χ3n) is 5.53. The monoisotopic (exact) mass is 436 g/mol. The van der Waals surface area contributed by atoms with Gasteiger partial charge in [-0.15, -0.1) is 24.0 Å². The van der Waals surface area contributed by atoms with E-state index in [2.05, 4.69) is 20.5 Å². The molecule has 0 amide bonds. The summed E-state index contributed by atoms with van der Waals surface area (Å²) in [6.45, 7) is 3.04. The smallest absolute Gasteiger partial charge is 0.191 e. The summed E-state index contributed by atoms with van der Waals surface area (Å²) in [5.41, 5.74) is -0.537. The highest BCUT2D eigenvalue weighted by atomic mass is 127. The van der Waals surface area contributed by atoms with E-state index in [1.165, 1.54) is 45.2 Å². The standard InChI is InChI=1S/C17H32N4O.HI/c1-18-16(19-13-17(22)9-3-2-4-10-17)20-14-7-11-21(12-8-14)15-5-6-15;/h14-15,22H,2-13H2,1H3,(H2,18,19,20);1H. The van der Waals surface area contributed by atoms with Crippen molar-refractivity contribution in [2.24, 2.45) is 4.99 Å². The van der Waals surface area contributed by atoms with E-state index in [0.717, 1.165) is 37.7 Å². The van der Waals surface area contributed by atoms with Crippen LogP contribution in [-0.4, -0.2) is 60.3 Å². The Bertz CT molecular complexity index is 386. The molecule has 2 saturated carbocycles. The van der Waals surface area contributed by atoms with E-state index in [9.17, 15) is 5.11 Å². The number of nitrogens with zero attached hydrogens (tertiary/aromatic N) is 2. The maximum absolute atomic E-state index is 10.6. The lowest BCUT2D eigenvalue weighted by Crippen LogP contribution is -2.52. The molecule has 0 bridgehead atoms. The predicted octanol–water partition coefficient (Wildman–Crippen LogP) is 2.09. The summed E-state index contributed by atoms with van der Waals surface area (Å²) in [5, 5.41) is 17.5. The molecule has 0 radical (unpaired) electrons. The quantitative estimate of drug-likeness (QED) is 0.359. The van der Waals surface area contributed by atoms with Gasteiger partial charge in [0.05, 0.1) is 5.60 Å². The van der Waals surface area contributed by atoms with Gasteiger partial charge in [-0.3, -0.25) is 4.99 Å². The van der Waals surface area contributed by atoms with Crippen LogP contribution >= 0.6 is 24.0 Å². The summed E-state index contributed by atoms with van der Waals surface area (Å²) < 4.78 is 0. The predicted molar refractivity (Wildman–Crippen MR) is 106 cm³/mol. The third-order valence-corrected chi connectivity index (χ3v) is 5.53. The van der Waals surface area contributed by atoms with Gasteiger partial charge in [-0.2, -0.15) is 0 Å². The molecule has 6 heteroatoms. The van der Waals surface area contributed by atoms with Gasteiger partial charge in [0.15, 0.2) is 5.96 Å². The Hall–Kier alpha value is -0.0800. The van der Waals surface area contributed by atoms with E-state index in [-0.39, 0.29) is 24.0 Å². The molecule has 0 aromatic heterocycles. The minimum atomic E-state index is -0.537. The van der Waals surface area contributed by atoms with Gasteiger partial charge in [-0.05, 0) is 38.5 Å². The van der Waals surface area contributed by atoms with Crippen LogP contribution in [0.1, 0.15) is 57.8 Å². The largest absolute Gasteiger partial charge is 0.388 e. The van der Waals surface area contributed by atoms with E-state index >= 15 is 0 Å². The molecule has 0 aromatic carbocycles. The normalized spacial score (nSPS) is 26.4. The van der Waals surface area contributed by atoms with Gasteiger partial charge in [0.25, 0.3) is 0 Å². The molecule has 2 aliphatic carbocycles. The number of halogens is 1. The molecular weight excluding hydrogens is 403 g/mol. The summed E-state index contributed by atoms with van der Waals surface area (Å²) in [7, 11) is 1.82. The number of aliphatic imine (C=N–C) groups is 1. The molecule has 1 heterocycles. The summed E-state index contributed by atoms with van der Waals surface area (Å²) in [5.74, 6) is 0.851. The number of likely N-dealkylation sites (tertiary alicyclic amines) is 1. The van der Waals surface area contributed by atoms with Crippen LogP contribution in [0, 0.1) is 0 Å². The molecular formula is C17H33IN4O. The topological polar surface area (TPSA) is 59.9 Å². The van der Waals surface area contributed by atoms with E-state index in [1.54, 1.807) is 0 Å². The maximum atomic E-state index is 10.6. The van der Waals surface area contributed by atoms with Crippen molar-refractivity contribution in [2.45, 2.75) is 75.5 Å². The van der Waals surface area contributed by atoms with Crippen molar-refractivity contribution in [3.05, 3.63) is 0 Å². The van der Waals surface area contributed by atoms with Gasteiger partial charge >= 0.3 is 0 Å². The van der Waals surface area contributed by atoms with Crippen molar-refractivity contribution in [1.29, 1.82) is 0 Å². The zero-order valence-corrected chi connectivity index (χ0v) is 16.7.